The van der Waals surface area contributed by atoms with Crippen molar-refractivity contribution in [3.05, 3.63) is 0 Å². The Hall–Kier alpha value is -1.79. The van der Waals surface area contributed by atoms with Gasteiger partial charge in [0.05, 0.1) is 6.54 Å². The fraction of sp³-hybridized carbons (Fsp3) is 0.700. The zero-order valence-corrected chi connectivity index (χ0v) is 10.4. The molecule has 0 fully saturated rings. The average molecular weight is 246 g/mol. The fourth-order valence-electron chi connectivity index (χ4n) is 0.955. The maximum Gasteiger partial charge on any atom is 0.408 e. The highest BCUT2D eigenvalue weighted by atomic mass is 16.6. The minimum atomic E-state index is -1.18. The van der Waals surface area contributed by atoms with Crippen molar-refractivity contribution in [2.75, 3.05) is 13.6 Å². The van der Waals surface area contributed by atoms with Gasteiger partial charge >= 0.3 is 12.2 Å². The van der Waals surface area contributed by atoms with E-state index in [0.717, 1.165) is 4.90 Å². The SMILES string of the molecule is CN(C[C@H](C=O)NC(=O)OC(C)(C)C)C(=O)O. The van der Waals surface area contributed by atoms with Crippen LogP contribution in [0.15, 0.2) is 0 Å². The molecule has 0 radical (unpaired) electrons. The zero-order valence-electron chi connectivity index (χ0n) is 10.4. The normalized spacial score (nSPS) is 12.5. The van der Waals surface area contributed by atoms with E-state index in [4.69, 9.17) is 9.84 Å². The zero-order chi connectivity index (χ0) is 13.6. The Labute approximate surface area is 99.7 Å². The number of carboxylic acid groups (broad SMARTS) is 1. The monoisotopic (exact) mass is 246 g/mol. The van der Waals surface area contributed by atoms with Gasteiger partial charge in [0.1, 0.15) is 17.9 Å². The van der Waals surface area contributed by atoms with Crippen LogP contribution in [0, 0.1) is 0 Å². The Morgan fingerprint density at radius 2 is 2.00 bits per heavy atom. The molecule has 0 saturated heterocycles. The summed E-state index contributed by atoms with van der Waals surface area (Å²) in [6.45, 7) is 4.93. The molecule has 0 aromatic rings. The van der Waals surface area contributed by atoms with Crippen molar-refractivity contribution in [2.24, 2.45) is 0 Å². The number of aldehydes is 1. The Morgan fingerprint density at radius 3 is 2.35 bits per heavy atom. The van der Waals surface area contributed by atoms with Crippen molar-refractivity contribution in [2.45, 2.75) is 32.4 Å². The van der Waals surface area contributed by atoms with Crippen molar-refractivity contribution in [1.29, 1.82) is 0 Å². The number of amides is 2. The fourth-order valence-corrected chi connectivity index (χ4v) is 0.955. The van der Waals surface area contributed by atoms with Gasteiger partial charge in [0.25, 0.3) is 0 Å². The first-order valence-electron chi connectivity index (χ1n) is 5.04. The summed E-state index contributed by atoms with van der Waals surface area (Å²) >= 11 is 0. The van der Waals surface area contributed by atoms with Gasteiger partial charge in [-0.2, -0.15) is 0 Å². The Kier molecular flexibility index (Phi) is 5.43. The summed E-state index contributed by atoms with van der Waals surface area (Å²) in [5, 5.41) is 10.9. The third-order valence-corrected chi connectivity index (χ3v) is 1.66. The number of nitrogens with zero attached hydrogens (tertiary/aromatic N) is 1. The van der Waals surface area contributed by atoms with E-state index in [9.17, 15) is 14.4 Å². The van der Waals surface area contributed by atoms with Crippen LogP contribution in [0.2, 0.25) is 0 Å². The number of carbonyl (C=O) groups excluding carboxylic acids is 2. The summed E-state index contributed by atoms with van der Waals surface area (Å²) in [6, 6.07) is -0.925. The molecule has 0 aromatic carbocycles. The molecule has 2 N–H and O–H groups in total. The number of likely N-dealkylation sites (N-methyl/N-ethyl adjacent to an activating group) is 1. The number of nitrogens with one attached hydrogen (secondary N) is 1. The molecule has 7 nitrogen and oxygen atoms in total. The van der Waals surface area contributed by atoms with Crippen LogP contribution in [-0.4, -0.2) is 53.7 Å². The maximum absolute atomic E-state index is 11.3. The average Bonchev–Trinajstić information content (AvgIpc) is 2.13. The Bertz CT molecular complexity index is 298. The Morgan fingerprint density at radius 1 is 1.47 bits per heavy atom. The maximum atomic E-state index is 11.3. The molecule has 7 heteroatoms. The predicted octanol–water partition coefficient (Wildman–Crippen LogP) is 0.688. The molecule has 0 aliphatic heterocycles. The van der Waals surface area contributed by atoms with E-state index in [1.165, 1.54) is 7.05 Å². The second-order valence-electron chi connectivity index (χ2n) is 4.55. The van der Waals surface area contributed by atoms with Crippen LogP contribution in [0.1, 0.15) is 20.8 Å². The van der Waals surface area contributed by atoms with Crippen molar-refractivity contribution in [1.82, 2.24) is 10.2 Å². The largest absolute Gasteiger partial charge is 0.465 e. The number of hydrogen-bond donors (Lipinski definition) is 2. The third kappa shape index (κ3) is 7.15. The van der Waals surface area contributed by atoms with Gasteiger partial charge in [-0.1, -0.05) is 0 Å². The number of alkyl carbamates (subject to hydrolysis) is 1. The van der Waals surface area contributed by atoms with Crippen molar-refractivity contribution < 1.29 is 24.2 Å². The first-order chi connectivity index (χ1) is 7.65. The first-order valence-corrected chi connectivity index (χ1v) is 5.04. The first kappa shape index (κ1) is 15.2. The molecule has 0 aliphatic rings. The summed E-state index contributed by atoms with van der Waals surface area (Å²) in [7, 11) is 1.30. The molecule has 0 unspecified atom stereocenters. The van der Waals surface area contributed by atoms with Crippen LogP contribution in [0.3, 0.4) is 0 Å². The lowest BCUT2D eigenvalue weighted by atomic mass is 10.2. The molecule has 98 valence electrons. The van der Waals surface area contributed by atoms with Gasteiger partial charge in [-0.05, 0) is 20.8 Å². The van der Waals surface area contributed by atoms with Gasteiger partial charge in [0.15, 0.2) is 0 Å². The van der Waals surface area contributed by atoms with Crippen LogP contribution < -0.4 is 5.32 Å². The molecule has 0 bridgehead atoms. The topological polar surface area (TPSA) is 95.9 Å². The molecule has 0 aromatic heterocycles. The number of ether oxygens (including phenoxy) is 1. The molecule has 17 heavy (non-hydrogen) atoms. The minimum absolute atomic E-state index is 0.127. The number of hydrogen-bond acceptors (Lipinski definition) is 4. The van der Waals surface area contributed by atoms with Crippen molar-refractivity contribution in [3.63, 3.8) is 0 Å². The highest BCUT2D eigenvalue weighted by Gasteiger charge is 2.21. The van der Waals surface area contributed by atoms with Gasteiger partial charge in [0, 0.05) is 7.05 Å². The molecule has 2 amide bonds. The van der Waals surface area contributed by atoms with Gasteiger partial charge in [0.2, 0.25) is 0 Å². The van der Waals surface area contributed by atoms with Gasteiger partial charge in [-0.15, -0.1) is 0 Å². The van der Waals surface area contributed by atoms with Gasteiger partial charge in [-0.25, -0.2) is 9.59 Å². The molecular weight excluding hydrogens is 228 g/mol. The smallest absolute Gasteiger partial charge is 0.408 e. The summed E-state index contributed by atoms with van der Waals surface area (Å²) in [6.07, 6.45) is -1.47. The van der Waals surface area contributed by atoms with Crippen LogP contribution in [0.25, 0.3) is 0 Å². The van der Waals surface area contributed by atoms with Crippen molar-refractivity contribution >= 4 is 18.5 Å². The van der Waals surface area contributed by atoms with Crippen molar-refractivity contribution in [3.8, 4) is 0 Å². The highest BCUT2D eigenvalue weighted by molar-refractivity contribution is 5.74. The summed E-state index contributed by atoms with van der Waals surface area (Å²) in [4.78, 5) is 33.4. The third-order valence-electron chi connectivity index (χ3n) is 1.66. The highest BCUT2D eigenvalue weighted by Crippen LogP contribution is 2.06. The summed E-state index contributed by atoms with van der Waals surface area (Å²) in [5.74, 6) is 0. The second kappa shape index (κ2) is 6.07. The van der Waals surface area contributed by atoms with E-state index < -0.39 is 23.8 Å². The van der Waals surface area contributed by atoms with Gasteiger partial charge in [-0.3, -0.25) is 0 Å². The molecule has 0 spiro atoms. The van der Waals surface area contributed by atoms with Gasteiger partial charge < -0.3 is 24.9 Å². The van der Waals surface area contributed by atoms with E-state index in [0.29, 0.717) is 6.29 Å². The molecule has 0 saturated carbocycles. The molecule has 0 aliphatic carbocycles. The molecule has 1 atom stereocenters. The van der Waals surface area contributed by atoms with E-state index in [-0.39, 0.29) is 6.54 Å². The lowest BCUT2D eigenvalue weighted by molar-refractivity contribution is -0.109. The minimum Gasteiger partial charge on any atom is -0.465 e. The standard InChI is InChI=1S/C10H18N2O5/c1-10(2,3)17-8(14)11-7(6-13)5-12(4)9(15)16/h6-7H,5H2,1-4H3,(H,11,14)(H,15,16)/t7-/m1/s1. The quantitative estimate of drug-likeness (QED) is 0.711. The van der Waals surface area contributed by atoms with Crippen LogP contribution in [0.5, 0.6) is 0 Å². The Balaban J connectivity index is 4.27. The number of carbonyl (C=O) groups is 3. The van der Waals surface area contributed by atoms with E-state index in [1.54, 1.807) is 20.8 Å². The lowest BCUT2D eigenvalue weighted by Crippen LogP contribution is -2.46. The van der Waals surface area contributed by atoms with E-state index in [2.05, 4.69) is 5.32 Å². The summed E-state index contributed by atoms with van der Waals surface area (Å²) < 4.78 is 4.94. The van der Waals surface area contributed by atoms with E-state index >= 15 is 0 Å². The van der Waals surface area contributed by atoms with Crippen LogP contribution in [-0.2, 0) is 9.53 Å². The second-order valence-corrected chi connectivity index (χ2v) is 4.55. The predicted molar refractivity (Wildman–Crippen MR) is 59.9 cm³/mol. The summed E-state index contributed by atoms with van der Waals surface area (Å²) in [5.41, 5.74) is -0.670. The molecule has 0 heterocycles. The van der Waals surface area contributed by atoms with E-state index in [1.807, 2.05) is 0 Å². The lowest BCUT2D eigenvalue weighted by Gasteiger charge is -2.23. The molecular formula is C10H18N2O5. The molecule has 0 rings (SSSR count). The number of rotatable bonds is 4. The van der Waals surface area contributed by atoms with Crippen LogP contribution in [0.4, 0.5) is 9.59 Å². The van der Waals surface area contributed by atoms with Crippen LogP contribution >= 0.6 is 0 Å².